The Bertz CT molecular complexity index is 1500. The Hall–Kier alpha value is -3.65. The van der Waals surface area contributed by atoms with Gasteiger partial charge in [-0.1, -0.05) is 104 Å². The Kier molecular flexibility index (Phi) is 10.7. The van der Waals surface area contributed by atoms with Gasteiger partial charge in [0.15, 0.2) is 5.84 Å². The molecule has 1 amide bonds. The SMILES string of the molecule is O=C1/C(=C/c2ccc(OCCCCCCCCSO)c(Cl)c2)N=C2C(Cc3ccccc3)=NC(c3ccccc3)=CN12. The van der Waals surface area contributed by atoms with Crippen LogP contribution in [0.25, 0.3) is 11.8 Å². The van der Waals surface area contributed by atoms with Gasteiger partial charge < -0.3 is 9.29 Å². The van der Waals surface area contributed by atoms with Crippen molar-refractivity contribution in [1.82, 2.24) is 4.90 Å². The van der Waals surface area contributed by atoms with E-state index in [1.165, 1.54) is 6.42 Å². The van der Waals surface area contributed by atoms with Crippen LogP contribution in [0.5, 0.6) is 5.75 Å². The number of amides is 1. The largest absolute Gasteiger partial charge is 0.492 e. The van der Waals surface area contributed by atoms with E-state index in [0.29, 0.717) is 35.3 Å². The summed E-state index contributed by atoms with van der Waals surface area (Å²) in [5, 5.41) is 0.499. The maximum Gasteiger partial charge on any atom is 0.282 e. The number of fused-ring (bicyclic) bond motifs is 1. The summed E-state index contributed by atoms with van der Waals surface area (Å²) >= 11 is 7.47. The fraction of sp³-hybridized carbons (Fsp3) is 0.265. The summed E-state index contributed by atoms with van der Waals surface area (Å²) in [6.45, 7) is 0.605. The highest BCUT2D eigenvalue weighted by molar-refractivity contribution is 7.93. The number of nitrogens with zero attached hydrogens (tertiary/aromatic N) is 3. The molecule has 216 valence electrons. The lowest BCUT2D eigenvalue weighted by Crippen LogP contribution is -2.36. The molecule has 2 heterocycles. The molecule has 0 unspecified atom stereocenters. The van der Waals surface area contributed by atoms with Crippen LogP contribution in [0.3, 0.4) is 0 Å². The fourth-order valence-corrected chi connectivity index (χ4v) is 5.47. The van der Waals surface area contributed by atoms with Crippen LogP contribution in [-0.4, -0.2) is 39.3 Å². The predicted octanol–water partition coefficient (Wildman–Crippen LogP) is 8.54. The Morgan fingerprint density at radius 2 is 1.60 bits per heavy atom. The van der Waals surface area contributed by atoms with E-state index in [1.54, 1.807) is 23.2 Å². The van der Waals surface area contributed by atoms with Gasteiger partial charge in [-0.15, -0.1) is 0 Å². The van der Waals surface area contributed by atoms with Gasteiger partial charge in [0.1, 0.15) is 11.4 Å². The van der Waals surface area contributed by atoms with Crippen molar-refractivity contribution in [3.8, 4) is 5.75 Å². The quantitative estimate of drug-likeness (QED) is 0.114. The van der Waals surface area contributed by atoms with Gasteiger partial charge in [0.25, 0.3) is 5.91 Å². The van der Waals surface area contributed by atoms with Crippen LogP contribution in [0.2, 0.25) is 5.02 Å². The first-order valence-corrected chi connectivity index (χ1v) is 15.7. The number of amidine groups is 1. The monoisotopic (exact) mass is 599 g/mol. The smallest absolute Gasteiger partial charge is 0.282 e. The van der Waals surface area contributed by atoms with Gasteiger partial charge in [0, 0.05) is 23.9 Å². The highest BCUT2D eigenvalue weighted by Gasteiger charge is 2.35. The minimum absolute atomic E-state index is 0.203. The van der Waals surface area contributed by atoms with Crippen molar-refractivity contribution in [2.24, 2.45) is 9.98 Å². The lowest BCUT2D eigenvalue weighted by atomic mass is 10.1. The van der Waals surface area contributed by atoms with Gasteiger partial charge in [0.2, 0.25) is 0 Å². The number of benzene rings is 3. The summed E-state index contributed by atoms with van der Waals surface area (Å²) in [6.07, 6.45) is 10.7. The molecule has 0 saturated heterocycles. The topological polar surface area (TPSA) is 74.5 Å². The highest BCUT2D eigenvalue weighted by atomic mass is 35.5. The lowest BCUT2D eigenvalue weighted by Gasteiger charge is -2.21. The molecule has 1 N–H and O–H groups in total. The summed E-state index contributed by atoms with van der Waals surface area (Å²) in [7, 11) is 0. The molecule has 0 spiro atoms. The summed E-state index contributed by atoms with van der Waals surface area (Å²) in [6, 6.07) is 25.5. The average molecular weight is 600 g/mol. The van der Waals surface area contributed by atoms with E-state index < -0.39 is 0 Å². The van der Waals surface area contributed by atoms with E-state index in [4.69, 9.17) is 30.9 Å². The zero-order valence-electron chi connectivity index (χ0n) is 23.4. The second-order valence-electron chi connectivity index (χ2n) is 10.2. The van der Waals surface area contributed by atoms with E-state index >= 15 is 0 Å². The molecule has 0 fully saturated rings. The maximum atomic E-state index is 13.5. The molecule has 2 aliphatic rings. The lowest BCUT2D eigenvalue weighted by molar-refractivity contribution is -0.120. The van der Waals surface area contributed by atoms with Crippen LogP contribution < -0.4 is 4.74 Å². The Labute approximate surface area is 256 Å². The minimum Gasteiger partial charge on any atom is -0.492 e. The van der Waals surface area contributed by atoms with Gasteiger partial charge >= 0.3 is 0 Å². The number of carbonyl (C=O) groups excluding carboxylic acids is 1. The van der Waals surface area contributed by atoms with E-state index in [1.807, 2.05) is 72.8 Å². The molecule has 0 radical (unpaired) electrons. The molecule has 3 aromatic carbocycles. The first-order valence-electron chi connectivity index (χ1n) is 14.3. The van der Waals surface area contributed by atoms with E-state index in [9.17, 15) is 4.79 Å². The van der Waals surface area contributed by atoms with Crippen molar-refractivity contribution in [2.45, 2.75) is 44.9 Å². The van der Waals surface area contributed by atoms with Gasteiger partial charge in [0.05, 0.1) is 23.0 Å². The number of aliphatic imine (C=N–C) groups is 2. The Balaban J connectivity index is 1.27. The first-order chi connectivity index (χ1) is 20.6. The molecular weight excluding hydrogens is 566 g/mol. The zero-order chi connectivity index (χ0) is 29.1. The highest BCUT2D eigenvalue weighted by Crippen LogP contribution is 2.31. The van der Waals surface area contributed by atoms with Crippen molar-refractivity contribution in [2.75, 3.05) is 12.4 Å². The molecule has 0 bridgehead atoms. The third kappa shape index (κ3) is 7.79. The number of halogens is 1. The van der Waals surface area contributed by atoms with Crippen LogP contribution in [0, 0.1) is 0 Å². The Morgan fingerprint density at radius 3 is 2.33 bits per heavy atom. The molecule has 6 nitrogen and oxygen atoms in total. The van der Waals surface area contributed by atoms with Gasteiger partial charge in [-0.3, -0.25) is 9.69 Å². The second-order valence-corrected chi connectivity index (χ2v) is 11.3. The van der Waals surface area contributed by atoms with Crippen molar-refractivity contribution in [3.05, 3.63) is 112 Å². The summed E-state index contributed by atoms with van der Waals surface area (Å²) in [4.78, 5) is 24.8. The number of carbonyl (C=O) groups is 1. The van der Waals surface area contributed by atoms with E-state index in [-0.39, 0.29) is 5.91 Å². The molecule has 2 aliphatic heterocycles. The molecular formula is C34H34ClN3O3S. The molecule has 42 heavy (non-hydrogen) atoms. The van der Waals surface area contributed by atoms with Crippen LogP contribution in [0.1, 0.15) is 55.2 Å². The third-order valence-electron chi connectivity index (χ3n) is 7.09. The van der Waals surface area contributed by atoms with Crippen molar-refractivity contribution < 1.29 is 14.1 Å². The number of hydrogen-bond donors (Lipinski definition) is 1. The minimum atomic E-state index is -0.203. The third-order valence-corrected chi connectivity index (χ3v) is 7.85. The van der Waals surface area contributed by atoms with Crippen LogP contribution in [0.4, 0.5) is 0 Å². The van der Waals surface area contributed by atoms with Crippen LogP contribution in [0.15, 0.2) is 101 Å². The molecule has 0 aliphatic carbocycles. The first kappa shape index (κ1) is 29.8. The predicted molar refractivity (Wildman–Crippen MR) is 174 cm³/mol. The Morgan fingerprint density at radius 1 is 0.881 bits per heavy atom. The molecule has 0 atom stereocenters. The fourth-order valence-electron chi connectivity index (χ4n) is 4.89. The summed E-state index contributed by atoms with van der Waals surface area (Å²) < 4.78 is 14.7. The van der Waals surface area contributed by atoms with Crippen molar-refractivity contribution in [1.29, 1.82) is 0 Å². The van der Waals surface area contributed by atoms with Crippen molar-refractivity contribution in [3.63, 3.8) is 0 Å². The number of unbranched alkanes of at least 4 members (excludes halogenated alkanes) is 5. The van der Waals surface area contributed by atoms with Crippen LogP contribution >= 0.6 is 23.6 Å². The van der Waals surface area contributed by atoms with Gasteiger partial charge in [-0.05, 0) is 54.2 Å². The molecule has 3 aromatic rings. The van der Waals surface area contributed by atoms with E-state index in [0.717, 1.165) is 78.0 Å². The zero-order valence-corrected chi connectivity index (χ0v) is 25.0. The van der Waals surface area contributed by atoms with E-state index in [2.05, 4.69) is 0 Å². The summed E-state index contributed by atoms with van der Waals surface area (Å²) in [5.74, 6) is 1.79. The average Bonchev–Trinajstić information content (AvgIpc) is 3.33. The second kappa shape index (κ2) is 15.0. The van der Waals surface area contributed by atoms with Gasteiger partial charge in [-0.25, -0.2) is 9.98 Å². The molecule has 0 saturated carbocycles. The number of rotatable bonds is 14. The molecule has 8 heteroatoms. The van der Waals surface area contributed by atoms with Gasteiger partial charge in [-0.2, -0.15) is 0 Å². The van der Waals surface area contributed by atoms with Crippen molar-refractivity contribution >= 4 is 52.9 Å². The normalized spacial score (nSPS) is 15.4. The molecule has 5 rings (SSSR count). The standard InChI is InChI=1S/C34H34ClN3O3S/c35-28-21-26(17-18-32(28)41-19-11-3-1-2-4-12-20-42-40)23-30-34(39)38-24-31(27-15-9-6-10-16-27)36-29(33(38)37-30)22-25-13-7-5-8-14-25/h5-10,13-18,21,23-24,40H,1-4,11-12,19-20,22H2/b30-23-. The number of hydrogen-bond acceptors (Lipinski definition) is 6. The molecule has 0 aromatic heterocycles. The number of ether oxygens (including phenoxy) is 1. The van der Waals surface area contributed by atoms with Crippen LogP contribution in [-0.2, 0) is 11.2 Å². The maximum absolute atomic E-state index is 13.5. The summed E-state index contributed by atoms with van der Waals surface area (Å²) in [5.41, 5.74) is 4.60.